The molecule has 1 fully saturated rings. The molecule has 0 aromatic heterocycles. The average molecular weight is 474 g/mol. The quantitative estimate of drug-likeness (QED) is 0.470. The van der Waals surface area contributed by atoms with E-state index in [4.69, 9.17) is 0 Å². The van der Waals surface area contributed by atoms with Gasteiger partial charge in [0.1, 0.15) is 5.60 Å². The summed E-state index contributed by atoms with van der Waals surface area (Å²) in [6, 6.07) is 28.4. The minimum Gasteiger partial charge on any atom is -0.380 e. The van der Waals surface area contributed by atoms with E-state index in [9.17, 15) is 5.11 Å². The number of piperidine rings is 1. The second-order valence-electron chi connectivity index (χ2n) is 8.17. The molecule has 2 nitrogen and oxygen atoms in total. The predicted molar refractivity (Wildman–Crippen MR) is 131 cm³/mol. The number of halogens is 1. The summed E-state index contributed by atoms with van der Waals surface area (Å²) in [5, 5.41) is 12.0. The van der Waals surface area contributed by atoms with Gasteiger partial charge in [-0.15, -0.1) is 0 Å². The third kappa shape index (κ3) is 5.28. The summed E-state index contributed by atoms with van der Waals surface area (Å²) in [5.74, 6) is 6.75. The van der Waals surface area contributed by atoms with Gasteiger partial charge in [-0.25, -0.2) is 0 Å². The van der Waals surface area contributed by atoms with Crippen molar-refractivity contribution in [2.24, 2.45) is 5.92 Å². The highest BCUT2D eigenvalue weighted by Gasteiger charge is 2.41. The molecule has 0 radical (unpaired) electrons. The molecule has 1 aliphatic rings. The van der Waals surface area contributed by atoms with Crippen molar-refractivity contribution in [2.45, 2.75) is 24.9 Å². The van der Waals surface area contributed by atoms with E-state index in [1.54, 1.807) is 0 Å². The van der Waals surface area contributed by atoms with Gasteiger partial charge in [0.05, 0.1) is 0 Å². The minimum atomic E-state index is -0.948. The molecule has 1 saturated heterocycles. The van der Waals surface area contributed by atoms with Gasteiger partial charge in [0.25, 0.3) is 0 Å². The summed E-state index contributed by atoms with van der Waals surface area (Å²) in [6.45, 7) is 2.96. The van der Waals surface area contributed by atoms with Gasteiger partial charge in [-0.1, -0.05) is 88.4 Å². The molecule has 1 N–H and O–H groups in total. The van der Waals surface area contributed by atoms with Crippen LogP contribution in [0.25, 0.3) is 0 Å². The number of nitrogens with zero attached hydrogens (tertiary/aromatic N) is 1. The molecule has 0 amide bonds. The molecule has 0 saturated carbocycles. The lowest BCUT2D eigenvalue weighted by Crippen LogP contribution is -2.44. The summed E-state index contributed by atoms with van der Waals surface area (Å²) in [6.07, 6.45) is 2.81. The Morgan fingerprint density at radius 1 is 0.839 bits per heavy atom. The Balaban J connectivity index is 1.39. The normalized spacial score (nSPS) is 15.3. The first-order chi connectivity index (χ1) is 15.2. The molecular formula is C28H28BrNO. The molecular weight excluding hydrogens is 446 g/mol. The molecule has 3 aromatic rings. The van der Waals surface area contributed by atoms with Crippen LogP contribution < -0.4 is 0 Å². The van der Waals surface area contributed by atoms with Gasteiger partial charge in [-0.3, -0.25) is 0 Å². The molecule has 0 unspecified atom stereocenters. The van der Waals surface area contributed by atoms with Gasteiger partial charge < -0.3 is 10.0 Å². The summed E-state index contributed by atoms with van der Waals surface area (Å²) in [5.41, 5.74) is 2.08. The van der Waals surface area contributed by atoms with Crippen molar-refractivity contribution in [1.82, 2.24) is 4.90 Å². The third-order valence-electron chi connectivity index (χ3n) is 6.24. The third-order valence-corrected chi connectivity index (χ3v) is 6.76. The van der Waals surface area contributed by atoms with Crippen LogP contribution in [0.15, 0.2) is 89.4 Å². The van der Waals surface area contributed by atoms with E-state index in [1.807, 2.05) is 60.7 Å². The Hall–Kier alpha value is -2.38. The van der Waals surface area contributed by atoms with Crippen LogP contribution in [0.5, 0.6) is 0 Å². The smallest absolute Gasteiger partial charge is 0.117 e. The Morgan fingerprint density at radius 3 is 1.94 bits per heavy atom. The summed E-state index contributed by atoms with van der Waals surface area (Å²) >= 11 is 3.46. The fourth-order valence-electron chi connectivity index (χ4n) is 4.51. The first-order valence-electron chi connectivity index (χ1n) is 11.0. The molecule has 31 heavy (non-hydrogen) atoms. The van der Waals surface area contributed by atoms with Crippen molar-refractivity contribution in [2.75, 3.05) is 19.6 Å². The van der Waals surface area contributed by atoms with E-state index < -0.39 is 5.60 Å². The number of aliphatic hydroxyl groups is 1. The molecule has 1 heterocycles. The van der Waals surface area contributed by atoms with Crippen LogP contribution in [0.4, 0.5) is 0 Å². The molecule has 0 spiro atoms. The lowest BCUT2D eigenvalue weighted by molar-refractivity contribution is -0.0138. The molecule has 4 rings (SSSR count). The minimum absolute atomic E-state index is 0.197. The fourth-order valence-corrected chi connectivity index (χ4v) is 4.77. The zero-order valence-corrected chi connectivity index (χ0v) is 19.3. The summed E-state index contributed by atoms with van der Waals surface area (Å²) in [7, 11) is 0. The summed E-state index contributed by atoms with van der Waals surface area (Å²) in [4.78, 5) is 2.48. The zero-order chi connectivity index (χ0) is 21.5. The van der Waals surface area contributed by atoms with Gasteiger partial charge >= 0.3 is 0 Å². The van der Waals surface area contributed by atoms with Crippen molar-refractivity contribution in [1.29, 1.82) is 0 Å². The average Bonchev–Trinajstić information content (AvgIpc) is 2.84. The number of benzene rings is 3. The summed E-state index contributed by atoms with van der Waals surface area (Å²) < 4.78 is 1.08. The maximum absolute atomic E-state index is 12.0. The van der Waals surface area contributed by atoms with E-state index >= 15 is 0 Å². The van der Waals surface area contributed by atoms with Gasteiger partial charge in [-0.2, -0.15) is 0 Å². The molecule has 0 aliphatic carbocycles. The van der Waals surface area contributed by atoms with Crippen molar-refractivity contribution in [3.05, 3.63) is 106 Å². The van der Waals surface area contributed by atoms with E-state index in [0.29, 0.717) is 0 Å². The van der Waals surface area contributed by atoms with E-state index in [-0.39, 0.29) is 5.92 Å². The highest BCUT2D eigenvalue weighted by molar-refractivity contribution is 9.10. The molecule has 1 aliphatic heterocycles. The first-order valence-corrected chi connectivity index (χ1v) is 11.8. The number of hydrogen-bond donors (Lipinski definition) is 1. The van der Waals surface area contributed by atoms with Crippen LogP contribution in [-0.2, 0) is 5.60 Å². The van der Waals surface area contributed by atoms with E-state index in [2.05, 4.69) is 56.9 Å². The van der Waals surface area contributed by atoms with Gasteiger partial charge in [0.15, 0.2) is 0 Å². The van der Waals surface area contributed by atoms with Crippen LogP contribution >= 0.6 is 15.9 Å². The highest BCUT2D eigenvalue weighted by Crippen LogP contribution is 2.41. The Labute approximate surface area is 194 Å². The maximum atomic E-state index is 12.0. The zero-order valence-electron chi connectivity index (χ0n) is 17.7. The SMILES string of the molecule is OC(c1ccccc1)(c1ccccc1)C1CCN(CCC#Cc2ccc(Br)cc2)CC1. The predicted octanol–water partition coefficient (Wildman–Crippen LogP) is 5.84. The second kappa shape index (κ2) is 10.3. The molecule has 0 atom stereocenters. The van der Waals surface area contributed by atoms with Gasteiger partial charge in [0, 0.05) is 23.0 Å². The Bertz CT molecular complexity index is 974. The standard InChI is InChI=1S/C28H28BrNO/c29-27-16-14-23(15-17-27)9-7-8-20-30-21-18-26(19-22-30)28(31,24-10-3-1-4-11-24)25-12-5-2-6-13-25/h1-6,10-17,26,31H,8,18-22H2. The molecule has 3 heteroatoms. The van der Waals surface area contributed by atoms with Gasteiger partial charge in [-0.05, 0) is 67.2 Å². The van der Waals surface area contributed by atoms with Crippen molar-refractivity contribution in [3.8, 4) is 11.8 Å². The number of hydrogen-bond acceptors (Lipinski definition) is 2. The lowest BCUT2D eigenvalue weighted by Gasteiger charge is -2.42. The van der Waals surface area contributed by atoms with E-state index in [1.165, 1.54) is 0 Å². The number of rotatable bonds is 5. The maximum Gasteiger partial charge on any atom is 0.117 e. The van der Waals surface area contributed by atoms with Crippen molar-refractivity contribution < 1.29 is 5.11 Å². The largest absolute Gasteiger partial charge is 0.380 e. The van der Waals surface area contributed by atoms with Crippen LogP contribution in [0.2, 0.25) is 0 Å². The van der Waals surface area contributed by atoms with Crippen LogP contribution in [-0.4, -0.2) is 29.6 Å². The monoisotopic (exact) mass is 473 g/mol. The Morgan fingerprint density at radius 2 is 1.39 bits per heavy atom. The van der Waals surface area contributed by atoms with Crippen LogP contribution in [0.3, 0.4) is 0 Å². The fraction of sp³-hybridized carbons (Fsp3) is 0.286. The lowest BCUT2D eigenvalue weighted by atomic mass is 9.72. The van der Waals surface area contributed by atoms with Crippen molar-refractivity contribution >= 4 is 15.9 Å². The molecule has 3 aromatic carbocycles. The molecule has 158 valence electrons. The van der Waals surface area contributed by atoms with Crippen molar-refractivity contribution in [3.63, 3.8) is 0 Å². The Kier molecular flexibility index (Phi) is 7.25. The van der Waals surface area contributed by atoms with E-state index in [0.717, 1.165) is 60.1 Å². The first kappa shape index (κ1) is 21.8. The second-order valence-corrected chi connectivity index (χ2v) is 9.09. The van der Waals surface area contributed by atoms with Crippen LogP contribution in [0, 0.1) is 17.8 Å². The topological polar surface area (TPSA) is 23.5 Å². The van der Waals surface area contributed by atoms with Gasteiger partial charge in [0.2, 0.25) is 0 Å². The molecule has 0 bridgehead atoms. The highest BCUT2D eigenvalue weighted by atomic mass is 79.9. The number of likely N-dealkylation sites (tertiary alicyclic amines) is 1. The van der Waals surface area contributed by atoms with Crippen LogP contribution in [0.1, 0.15) is 36.0 Å².